The fourth-order valence-electron chi connectivity index (χ4n) is 2.45. The SMILES string of the molecule is COc1ccc(-c2noc(COc3nc(-c4ccccn4)cc(=O)[nH]3)n2)cc1. The number of hydrogen-bond acceptors (Lipinski definition) is 8. The molecule has 9 nitrogen and oxygen atoms in total. The Morgan fingerprint density at radius 1 is 1.07 bits per heavy atom. The first-order valence-corrected chi connectivity index (χ1v) is 8.34. The molecule has 0 atom stereocenters. The van der Waals surface area contributed by atoms with Crippen molar-refractivity contribution in [1.82, 2.24) is 25.1 Å². The smallest absolute Gasteiger partial charge is 0.297 e. The highest BCUT2D eigenvalue weighted by Crippen LogP contribution is 2.20. The minimum Gasteiger partial charge on any atom is -0.497 e. The molecule has 4 rings (SSSR count). The zero-order valence-corrected chi connectivity index (χ0v) is 14.8. The second-order valence-electron chi connectivity index (χ2n) is 5.68. The third kappa shape index (κ3) is 3.88. The van der Waals surface area contributed by atoms with Crippen LogP contribution in [0.2, 0.25) is 0 Å². The van der Waals surface area contributed by atoms with Gasteiger partial charge in [0.05, 0.1) is 18.5 Å². The van der Waals surface area contributed by atoms with E-state index >= 15 is 0 Å². The van der Waals surface area contributed by atoms with Crippen LogP contribution in [0.3, 0.4) is 0 Å². The minimum atomic E-state index is -0.352. The van der Waals surface area contributed by atoms with Gasteiger partial charge in [0.2, 0.25) is 5.82 Å². The quantitative estimate of drug-likeness (QED) is 0.545. The normalized spacial score (nSPS) is 10.6. The average molecular weight is 377 g/mol. The number of H-pyrrole nitrogens is 1. The van der Waals surface area contributed by atoms with E-state index in [1.165, 1.54) is 6.07 Å². The summed E-state index contributed by atoms with van der Waals surface area (Å²) in [6.07, 6.45) is 1.62. The molecule has 0 saturated heterocycles. The van der Waals surface area contributed by atoms with Crippen LogP contribution in [0.15, 0.2) is 64.0 Å². The predicted molar refractivity (Wildman–Crippen MR) is 98.7 cm³/mol. The van der Waals surface area contributed by atoms with Crippen molar-refractivity contribution in [1.29, 1.82) is 0 Å². The topological polar surface area (TPSA) is 116 Å². The van der Waals surface area contributed by atoms with Gasteiger partial charge in [-0.3, -0.25) is 14.8 Å². The Morgan fingerprint density at radius 2 is 1.93 bits per heavy atom. The molecule has 0 radical (unpaired) electrons. The van der Waals surface area contributed by atoms with Crippen LogP contribution in [0.5, 0.6) is 11.8 Å². The summed E-state index contributed by atoms with van der Waals surface area (Å²) >= 11 is 0. The predicted octanol–water partition coefficient (Wildman–Crippen LogP) is 2.47. The molecule has 0 unspecified atom stereocenters. The zero-order valence-electron chi connectivity index (χ0n) is 14.8. The van der Waals surface area contributed by atoms with Gasteiger partial charge in [-0.25, -0.2) is 0 Å². The molecule has 3 heterocycles. The van der Waals surface area contributed by atoms with Crippen molar-refractivity contribution in [3.63, 3.8) is 0 Å². The summed E-state index contributed by atoms with van der Waals surface area (Å²) in [5.41, 5.74) is 1.40. The number of ether oxygens (including phenoxy) is 2. The van der Waals surface area contributed by atoms with Crippen molar-refractivity contribution in [2.45, 2.75) is 6.61 Å². The van der Waals surface area contributed by atoms with Crippen LogP contribution in [-0.4, -0.2) is 32.2 Å². The minimum absolute atomic E-state index is 0.0392. The van der Waals surface area contributed by atoms with Gasteiger partial charge in [-0.05, 0) is 36.4 Å². The van der Waals surface area contributed by atoms with E-state index in [0.717, 1.165) is 11.3 Å². The maximum atomic E-state index is 11.9. The van der Waals surface area contributed by atoms with Crippen LogP contribution >= 0.6 is 0 Å². The number of rotatable bonds is 6. The standard InChI is InChI=1S/C19H15N5O4/c1-26-13-7-5-12(6-8-13)18-23-17(28-24-18)11-27-19-21-15(10-16(25)22-19)14-4-2-3-9-20-14/h2-10H,11H2,1H3,(H,21,22,25). The molecule has 0 amide bonds. The van der Waals surface area contributed by atoms with E-state index in [4.69, 9.17) is 14.0 Å². The van der Waals surface area contributed by atoms with Crippen LogP contribution in [-0.2, 0) is 6.61 Å². The average Bonchev–Trinajstić information content (AvgIpc) is 3.22. The first-order chi connectivity index (χ1) is 13.7. The van der Waals surface area contributed by atoms with Gasteiger partial charge >= 0.3 is 0 Å². The number of methoxy groups -OCH3 is 1. The molecule has 3 aromatic heterocycles. The first-order valence-electron chi connectivity index (χ1n) is 8.34. The zero-order chi connectivity index (χ0) is 19.3. The lowest BCUT2D eigenvalue weighted by molar-refractivity contribution is 0.227. The van der Waals surface area contributed by atoms with E-state index in [1.54, 1.807) is 37.6 Å². The van der Waals surface area contributed by atoms with Crippen molar-refractivity contribution in [2.24, 2.45) is 0 Å². The van der Waals surface area contributed by atoms with Crippen molar-refractivity contribution in [3.8, 4) is 34.5 Å². The number of nitrogens with one attached hydrogen (secondary N) is 1. The second-order valence-corrected chi connectivity index (χ2v) is 5.68. The highest BCUT2D eigenvalue weighted by molar-refractivity contribution is 5.55. The molecule has 1 aromatic carbocycles. The van der Waals surface area contributed by atoms with Crippen molar-refractivity contribution in [2.75, 3.05) is 7.11 Å². The van der Waals surface area contributed by atoms with Crippen LogP contribution in [0.4, 0.5) is 0 Å². The molecule has 9 heteroatoms. The largest absolute Gasteiger partial charge is 0.497 e. The Hall–Kier alpha value is -4.01. The maximum Gasteiger partial charge on any atom is 0.297 e. The molecule has 0 bridgehead atoms. The molecule has 4 aromatic rings. The summed E-state index contributed by atoms with van der Waals surface area (Å²) in [4.78, 5) is 27.1. The summed E-state index contributed by atoms with van der Waals surface area (Å²) < 4.78 is 15.8. The molecule has 0 aliphatic heterocycles. The molecule has 28 heavy (non-hydrogen) atoms. The van der Waals surface area contributed by atoms with Gasteiger partial charge in [-0.1, -0.05) is 11.2 Å². The molecule has 0 aliphatic rings. The van der Waals surface area contributed by atoms with Crippen LogP contribution in [0.1, 0.15) is 5.89 Å². The lowest BCUT2D eigenvalue weighted by Crippen LogP contribution is -2.10. The fourth-order valence-corrected chi connectivity index (χ4v) is 2.45. The molecule has 0 spiro atoms. The van der Waals surface area contributed by atoms with Gasteiger partial charge in [-0.15, -0.1) is 0 Å². The van der Waals surface area contributed by atoms with Gasteiger partial charge < -0.3 is 14.0 Å². The number of pyridine rings is 1. The number of aromatic amines is 1. The van der Waals surface area contributed by atoms with Crippen molar-refractivity contribution < 1.29 is 14.0 Å². The van der Waals surface area contributed by atoms with Crippen LogP contribution < -0.4 is 15.0 Å². The van der Waals surface area contributed by atoms with Crippen molar-refractivity contribution >= 4 is 0 Å². The van der Waals surface area contributed by atoms with Crippen molar-refractivity contribution in [3.05, 3.63) is 71.0 Å². The van der Waals surface area contributed by atoms with Gasteiger partial charge in [0, 0.05) is 17.8 Å². The van der Waals surface area contributed by atoms with Crippen LogP contribution in [0.25, 0.3) is 22.8 Å². The number of hydrogen-bond donors (Lipinski definition) is 1. The second kappa shape index (κ2) is 7.70. The van der Waals surface area contributed by atoms with E-state index in [-0.39, 0.29) is 24.1 Å². The summed E-state index contributed by atoms with van der Waals surface area (Å²) in [6.45, 7) is -0.0439. The first kappa shape index (κ1) is 17.4. The van der Waals surface area contributed by atoms with Gasteiger partial charge in [0.15, 0.2) is 6.61 Å². The van der Waals surface area contributed by atoms with E-state index in [1.807, 2.05) is 18.2 Å². The molecule has 0 fully saturated rings. The monoisotopic (exact) mass is 377 g/mol. The number of nitrogens with zero attached hydrogens (tertiary/aromatic N) is 4. The molecule has 1 N–H and O–H groups in total. The molecule has 0 saturated carbocycles. The van der Waals surface area contributed by atoms with Gasteiger partial charge in [0.25, 0.3) is 17.5 Å². The molecule has 0 aliphatic carbocycles. The Bertz CT molecular complexity index is 1120. The molecular weight excluding hydrogens is 362 g/mol. The van der Waals surface area contributed by atoms with Gasteiger partial charge in [-0.2, -0.15) is 9.97 Å². The third-order valence-corrected chi connectivity index (χ3v) is 3.80. The summed E-state index contributed by atoms with van der Waals surface area (Å²) in [7, 11) is 1.60. The molecule has 140 valence electrons. The summed E-state index contributed by atoms with van der Waals surface area (Å²) in [6, 6.07) is 14.0. The lowest BCUT2D eigenvalue weighted by Gasteiger charge is -2.04. The Kier molecular flexibility index (Phi) is 4.79. The number of benzene rings is 1. The van der Waals surface area contributed by atoms with Gasteiger partial charge in [0.1, 0.15) is 5.75 Å². The summed E-state index contributed by atoms with van der Waals surface area (Å²) in [5, 5.41) is 3.93. The highest BCUT2D eigenvalue weighted by Gasteiger charge is 2.11. The maximum absolute atomic E-state index is 11.9. The van der Waals surface area contributed by atoms with E-state index in [2.05, 4.69) is 25.1 Å². The fraction of sp³-hybridized carbons (Fsp3) is 0.105. The third-order valence-electron chi connectivity index (χ3n) is 3.80. The Balaban J connectivity index is 1.48. The number of aromatic nitrogens is 5. The Morgan fingerprint density at radius 3 is 2.68 bits per heavy atom. The van der Waals surface area contributed by atoms with Crippen LogP contribution in [0, 0.1) is 0 Å². The Labute approximate surface area is 159 Å². The van der Waals surface area contributed by atoms with E-state index in [9.17, 15) is 4.79 Å². The highest BCUT2D eigenvalue weighted by atomic mass is 16.5. The van der Waals surface area contributed by atoms with E-state index < -0.39 is 0 Å². The molecular formula is C19H15N5O4. The van der Waals surface area contributed by atoms with E-state index in [0.29, 0.717) is 17.2 Å². The lowest BCUT2D eigenvalue weighted by atomic mass is 10.2. The summed E-state index contributed by atoms with van der Waals surface area (Å²) in [5.74, 6) is 1.40.